The Morgan fingerprint density at radius 3 is 2.62 bits per heavy atom. The maximum absolute atomic E-state index is 10.6. The molecule has 0 aromatic carbocycles. The second-order valence-corrected chi connectivity index (χ2v) is 3.77. The van der Waals surface area contributed by atoms with Crippen molar-refractivity contribution in [2.75, 3.05) is 5.32 Å². The van der Waals surface area contributed by atoms with Gasteiger partial charge in [-0.05, 0) is 18.1 Å². The van der Waals surface area contributed by atoms with Gasteiger partial charge in [-0.2, -0.15) is 0 Å². The average molecular weight is 218 g/mol. The summed E-state index contributed by atoms with van der Waals surface area (Å²) in [5.41, 5.74) is 0.744. The summed E-state index contributed by atoms with van der Waals surface area (Å²) < 4.78 is 0. The molecule has 16 heavy (non-hydrogen) atoms. The molecule has 1 atom stereocenters. The van der Waals surface area contributed by atoms with Crippen molar-refractivity contribution in [3.8, 4) is 12.3 Å². The Morgan fingerprint density at radius 1 is 1.56 bits per heavy atom. The highest BCUT2D eigenvalue weighted by Crippen LogP contribution is 2.11. The standard InChI is InChI=1S/C12H14N2O2/c1-4-10(8(2)3)14-9-5-6-11(12(15)16)13-7-9/h1,5-8,10,14H,2-3H3,(H,15,16). The number of pyridine rings is 1. The van der Waals surface area contributed by atoms with E-state index in [-0.39, 0.29) is 11.7 Å². The predicted molar refractivity (Wildman–Crippen MR) is 62.3 cm³/mol. The summed E-state index contributed by atoms with van der Waals surface area (Å²) in [5, 5.41) is 11.8. The van der Waals surface area contributed by atoms with Crippen LogP contribution in [0, 0.1) is 18.3 Å². The number of hydrogen-bond acceptors (Lipinski definition) is 3. The molecule has 1 aromatic rings. The fourth-order valence-electron chi connectivity index (χ4n) is 1.19. The number of carboxylic acid groups (broad SMARTS) is 1. The molecule has 0 amide bonds. The Hall–Kier alpha value is -2.02. The molecular formula is C12H14N2O2. The molecule has 1 rings (SSSR count). The van der Waals surface area contributed by atoms with Crippen LogP contribution < -0.4 is 5.32 Å². The third kappa shape index (κ3) is 2.99. The molecule has 1 heterocycles. The number of terminal acetylenes is 1. The smallest absolute Gasteiger partial charge is 0.354 e. The fraction of sp³-hybridized carbons (Fsp3) is 0.333. The van der Waals surface area contributed by atoms with Crippen LogP contribution in [0.1, 0.15) is 24.3 Å². The van der Waals surface area contributed by atoms with Gasteiger partial charge in [-0.25, -0.2) is 9.78 Å². The van der Waals surface area contributed by atoms with Gasteiger partial charge in [0, 0.05) is 0 Å². The van der Waals surface area contributed by atoms with Gasteiger partial charge in [-0.3, -0.25) is 0 Å². The highest BCUT2D eigenvalue weighted by Gasteiger charge is 2.10. The van der Waals surface area contributed by atoms with Crippen molar-refractivity contribution in [1.82, 2.24) is 4.98 Å². The summed E-state index contributed by atoms with van der Waals surface area (Å²) in [6.45, 7) is 4.02. The largest absolute Gasteiger partial charge is 0.477 e. The van der Waals surface area contributed by atoms with Crippen LogP contribution in [0.2, 0.25) is 0 Å². The van der Waals surface area contributed by atoms with Gasteiger partial charge in [-0.15, -0.1) is 6.42 Å². The van der Waals surface area contributed by atoms with Gasteiger partial charge < -0.3 is 10.4 Å². The first-order valence-electron chi connectivity index (χ1n) is 4.96. The summed E-state index contributed by atoms with van der Waals surface area (Å²) in [6.07, 6.45) is 6.84. The molecule has 4 heteroatoms. The SMILES string of the molecule is C#CC(Nc1ccc(C(=O)O)nc1)C(C)C. The van der Waals surface area contributed by atoms with Gasteiger partial charge in [-0.1, -0.05) is 19.8 Å². The van der Waals surface area contributed by atoms with Crippen LogP contribution >= 0.6 is 0 Å². The zero-order valence-corrected chi connectivity index (χ0v) is 9.27. The molecule has 0 aliphatic heterocycles. The minimum Gasteiger partial charge on any atom is -0.477 e. The highest BCUT2D eigenvalue weighted by molar-refractivity contribution is 5.85. The molecule has 0 aliphatic rings. The summed E-state index contributed by atoms with van der Waals surface area (Å²) in [7, 11) is 0. The second-order valence-electron chi connectivity index (χ2n) is 3.77. The van der Waals surface area contributed by atoms with E-state index in [1.807, 2.05) is 13.8 Å². The van der Waals surface area contributed by atoms with Crippen LogP contribution in [0.4, 0.5) is 5.69 Å². The highest BCUT2D eigenvalue weighted by atomic mass is 16.4. The van der Waals surface area contributed by atoms with Crippen LogP contribution in [0.25, 0.3) is 0 Å². The van der Waals surface area contributed by atoms with Crippen molar-refractivity contribution in [1.29, 1.82) is 0 Å². The first-order valence-corrected chi connectivity index (χ1v) is 4.96. The van der Waals surface area contributed by atoms with Crippen LogP contribution in [0.3, 0.4) is 0 Å². The first kappa shape index (κ1) is 12.1. The lowest BCUT2D eigenvalue weighted by Gasteiger charge is -2.17. The molecule has 0 fully saturated rings. The maximum atomic E-state index is 10.6. The molecule has 0 saturated heterocycles. The zero-order valence-electron chi connectivity index (χ0n) is 9.27. The van der Waals surface area contributed by atoms with E-state index >= 15 is 0 Å². The van der Waals surface area contributed by atoms with Crippen molar-refractivity contribution >= 4 is 11.7 Å². The van der Waals surface area contributed by atoms with Crippen molar-refractivity contribution < 1.29 is 9.90 Å². The van der Waals surface area contributed by atoms with Crippen LogP contribution in [0.15, 0.2) is 18.3 Å². The molecule has 2 N–H and O–H groups in total. The van der Waals surface area contributed by atoms with Crippen molar-refractivity contribution in [2.24, 2.45) is 5.92 Å². The summed E-state index contributed by atoms with van der Waals surface area (Å²) >= 11 is 0. The lowest BCUT2D eigenvalue weighted by Crippen LogP contribution is -2.23. The Kier molecular flexibility index (Phi) is 3.90. The predicted octanol–water partition coefficient (Wildman–Crippen LogP) is 1.85. The monoisotopic (exact) mass is 218 g/mol. The van der Waals surface area contributed by atoms with Crippen molar-refractivity contribution in [3.05, 3.63) is 24.0 Å². The molecule has 0 aliphatic carbocycles. The number of nitrogens with one attached hydrogen (secondary N) is 1. The number of rotatable bonds is 4. The fourth-order valence-corrected chi connectivity index (χ4v) is 1.19. The van der Waals surface area contributed by atoms with E-state index in [0.717, 1.165) is 5.69 Å². The zero-order chi connectivity index (χ0) is 12.1. The quantitative estimate of drug-likeness (QED) is 0.757. The number of aromatic carboxylic acids is 1. The van der Waals surface area contributed by atoms with E-state index in [1.165, 1.54) is 12.3 Å². The topological polar surface area (TPSA) is 62.2 Å². The molecule has 0 saturated carbocycles. The van der Waals surface area contributed by atoms with E-state index in [1.54, 1.807) is 6.07 Å². The number of carbonyl (C=O) groups is 1. The third-order valence-corrected chi connectivity index (χ3v) is 2.15. The minimum absolute atomic E-state index is 0.0207. The molecule has 4 nitrogen and oxygen atoms in total. The molecular weight excluding hydrogens is 204 g/mol. The van der Waals surface area contributed by atoms with Gasteiger partial charge >= 0.3 is 5.97 Å². The van der Waals surface area contributed by atoms with Gasteiger partial charge in [0.25, 0.3) is 0 Å². The Morgan fingerprint density at radius 2 is 2.25 bits per heavy atom. The number of nitrogens with zero attached hydrogens (tertiary/aromatic N) is 1. The Labute approximate surface area is 94.7 Å². The van der Waals surface area contributed by atoms with E-state index in [2.05, 4.69) is 16.2 Å². The van der Waals surface area contributed by atoms with Crippen molar-refractivity contribution in [2.45, 2.75) is 19.9 Å². The van der Waals surface area contributed by atoms with Crippen LogP contribution in [0.5, 0.6) is 0 Å². The van der Waals surface area contributed by atoms with Gasteiger partial charge in [0.15, 0.2) is 0 Å². The van der Waals surface area contributed by atoms with E-state index in [0.29, 0.717) is 5.92 Å². The number of carboxylic acids is 1. The maximum Gasteiger partial charge on any atom is 0.354 e. The Bertz CT molecular complexity index is 404. The number of aromatic nitrogens is 1. The summed E-state index contributed by atoms with van der Waals surface area (Å²) in [4.78, 5) is 14.4. The van der Waals surface area contributed by atoms with Gasteiger partial charge in [0.05, 0.1) is 17.9 Å². The van der Waals surface area contributed by atoms with E-state index in [4.69, 9.17) is 11.5 Å². The lowest BCUT2D eigenvalue weighted by atomic mass is 10.1. The Balaban J connectivity index is 2.76. The van der Waals surface area contributed by atoms with E-state index < -0.39 is 5.97 Å². The second kappa shape index (κ2) is 5.17. The van der Waals surface area contributed by atoms with Crippen molar-refractivity contribution in [3.63, 3.8) is 0 Å². The lowest BCUT2D eigenvalue weighted by molar-refractivity contribution is 0.0690. The minimum atomic E-state index is -1.04. The third-order valence-electron chi connectivity index (χ3n) is 2.15. The van der Waals surface area contributed by atoms with Gasteiger partial charge in [0.1, 0.15) is 5.69 Å². The molecule has 84 valence electrons. The molecule has 0 radical (unpaired) electrons. The number of hydrogen-bond donors (Lipinski definition) is 2. The average Bonchev–Trinajstić information content (AvgIpc) is 2.26. The van der Waals surface area contributed by atoms with Crippen LogP contribution in [-0.2, 0) is 0 Å². The molecule has 1 aromatic heterocycles. The normalized spacial score (nSPS) is 11.9. The molecule has 0 bridgehead atoms. The summed E-state index contributed by atoms with van der Waals surface area (Å²) in [5.74, 6) is 1.89. The molecule has 1 unspecified atom stereocenters. The van der Waals surface area contributed by atoms with Crippen LogP contribution in [-0.4, -0.2) is 22.1 Å². The van der Waals surface area contributed by atoms with E-state index in [9.17, 15) is 4.79 Å². The summed E-state index contributed by atoms with van der Waals surface area (Å²) in [6, 6.07) is 3.01. The van der Waals surface area contributed by atoms with Gasteiger partial charge in [0.2, 0.25) is 0 Å². The molecule has 0 spiro atoms. The first-order chi connectivity index (χ1) is 7.54. The number of anilines is 1.